The number of hydrogen-bond donors (Lipinski definition) is 2. The van der Waals surface area contributed by atoms with E-state index in [2.05, 4.69) is 36.7 Å². The summed E-state index contributed by atoms with van der Waals surface area (Å²) in [5.41, 5.74) is 1.81. The summed E-state index contributed by atoms with van der Waals surface area (Å²) >= 11 is 3.47. The van der Waals surface area contributed by atoms with E-state index in [1.54, 1.807) is 7.11 Å². The predicted octanol–water partition coefficient (Wildman–Crippen LogP) is 5.01. The molecule has 0 aliphatic heterocycles. The summed E-state index contributed by atoms with van der Waals surface area (Å²) in [6.07, 6.45) is 1.65. The van der Waals surface area contributed by atoms with Crippen LogP contribution in [0, 0.1) is 24.7 Å². The minimum absolute atomic E-state index is 0.0577. The molecule has 0 radical (unpaired) electrons. The van der Waals surface area contributed by atoms with Gasteiger partial charge in [-0.2, -0.15) is 0 Å². The topological polar surface area (TPSA) is 66.8 Å². The maximum absolute atomic E-state index is 12.6. The first kappa shape index (κ1) is 18.7. The first-order chi connectivity index (χ1) is 11.4. The molecule has 4 nitrogen and oxygen atoms in total. The second kappa shape index (κ2) is 5.46. The lowest BCUT2D eigenvalue weighted by Gasteiger charge is -2.58. The molecule has 138 valence electrons. The number of phenolic OH excluding ortho intramolecular Hbond substituents is 1. The highest BCUT2D eigenvalue weighted by molar-refractivity contribution is 9.10. The molecule has 1 fully saturated rings. The standard InChI is InChI=1S/C20H27BrO4/c1-10-11(2)14(21)15(22)13-12(10)16(25-6)19(5)7-18(3,4)8-20(13,9-19)17(23)24/h16,22H,7-9H2,1-6H3,(H,23,24). The van der Waals surface area contributed by atoms with Gasteiger partial charge in [-0.25, -0.2) is 0 Å². The lowest BCUT2D eigenvalue weighted by Crippen LogP contribution is -2.55. The fraction of sp³-hybridized carbons (Fsp3) is 0.650. The fourth-order valence-electron chi connectivity index (χ4n) is 5.94. The Morgan fingerprint density at radius 1 is 1.16 bits per heavy atom. The zero-order valence-electron chi connectivity index (χ0n) is 15.8. The van der Waals surface area contributed by atoms with Gasteiger partial charge in [-0.05, 0) is 76.6 Å². The monoisotopic (exact) mass is 410 g/mol. The number of phenols is 1. The molecular weight excluding hydrogens is 384 g/mol. The first-order valence-electron chi connectivity index (χ1n) is 8.68. The number of methoxy groups -OCH3 is 1. The summed E-state index contributed by atoms with van der Waals surface area (Å²) < 4.78 is 6.52. The van der Waals surface area contributed by atoms with Crippen LogP contribution in [0.15, 0.2) is 4.47 Å². The molecule has 1 aromatic carbocycles. The number of aliphatic carboxylic acids is 1. The molecule has 5 heteroatoms. The average Bonchev–Trinajstić information content (AvgIpc) is 2.47. The number of hydrogen-bond acceptors (Lipinski definition) is 3. The Bertz CT molecular complexity index is 770. The molecule has 2 bridgehead atoms. The van der Waals surface area contributed by atoms with Crippen LogP contribution in [0.25, 0.3) is 0 Å². The molecule has 3 unspecified atom stereocenters. The van der Waals surface area contributed by atoms with Crippen LogP contribution in [0.4, 0.5) is 0 Å². The minimum Gasteiger partial charge on any atom is -0.506 e. The number of ether oxygens (including phenoxy) is 1. The number of halogens is 1. The van der Waals surface area contributed by atoms with Gasteiger partial charge in [0.15, 0.2) is 0 Å². The lowest BCUT2D eigenvalue weighted by atomic mass is 9.46. The van der Waals surface area contributed by atoms with E-state index < -0.39 is 11.4 Å². The molecule has 0 heterocycles. The highest BCUT2D eigenvalue weighted by atomic mass is 79.9. The highest BCUT2D eigenvalue weighted by Crippen LogP contribution is 2.67. The molecule has 3 rings (SSSR count). The third-order valence-electron chi connectivity index (χ3n) is 6.40. The van der Waals surface area contributed by atoms with E-state index in [0.29, 0.717) is 22.9 Å². The Morgan fingerprint density at radius 3 is 2.28 bits per heavy atom. The number of carboxylic acids is 1. The molecule has 25 heavy (non-hydrogen) atoms. The van der Waals surface area contributed by atoms with Gasteiger partial charge in [0.05, 0.1) is 16.0 Å². The predicted molar refractivity (Wildman–Crippen MR) is 100 cm³/mol. The van der Waals surface area contributed by atoms with Crippen LogP contribution in [0.3, 0.4) is 0 Å². The van der Waals surface area contributed by atoms with Crippen LogP contribution >= 0.6 is 15.9 Å². The maximum Gasteiger partial charge on any atom is 0.314 e. The van der Waals surface area contributed by atoms with Crippen molar-refractivity contribution in [2.24, 2.45) is 10.8 Å². The molecule has 2 N–H and O–H groups in total. The summed E-state index contributed by atoms with van der Waals surface area (Å²) in [5, 5.41) is 21.3. The van der Waals surface area contributed by atoms with E-state index in [-0.39, 0.29) is 22.7 Å². The van der Waals surface area contributed by atoms with Gasteiger partial charge in [-0.1, -0.05) is 20.8 Å². The van der Waals surface area contributed by atoms with Gasteiger partial charge in [0.1, 0.15) is 5.75 Å². The summed E-state index contributed by atoms with van der Waals surface area (Å²) in [7, 11) is 1.68. The van der Waals surface area contributed by atoms with E-state index in [0.717, 1.165) is 23.1 Å². The van der Waals surface area contributed by atoms with E-state index in [4.69, 9.17) is 4.74 Å². The van der Waals surface area contributed by atoms with Gasteiger partial charge in [0.25, 0.3) is 0 Å². The van der Waals surface area contributed by atoms with Crippen molar-refractivity contribution in [2.45, 2.75) is 65.4 Å². The number of benzene rings is 1. The third-order valence-corrected chi connectivity index (χ3v) is 7.37. The molecule has 2 aliphatic rings. The van der Waals surface area contributed by atoms with Crippen molar-refractivity contribution < 1.29 is 19.7 Å². The van der Waals surface area contributed by atoms with Crippen LogP contribution in [-0.4, -0.2) is 23.3 Å². The van der Waals surface area contributed by atoms with Gasteiger partial charge in [0.2, 0.25) is 0 Å². The van der Waals surface area contributed by atoms with Crippen LogP contribution < -0.4 is 0 Å². The normalized spacial score (nSPS) is 33.0. The summed E-state index contributed by atoms with van der Waals surface area (Å²) in [6, 6.07) is 0. The maximum atomic E-state index is 12.6. The van der Waals surface area contributed by atoms with Crippen LogP contribution in [0.5, 0.6) is 5.75 Å². The summed E-state index contributed by atoms with van der Waals surface area (Å²) in [4.78, 5) is 12.6. The Hall–Kier alpha value is -1.07. The van der Waals surface area contributed by atoms with Crippen molar-refractivity contribution in [3.63, 3.8) is 0 Å². The van der Waals surface area contributed by atoms with Crippen LogP contribution in [-0.2, 0) is 14.9 Å². The van der Waals surface area contributed by atoms with Gasteiger partial charge in [-0.3, -0.25) is 4.79 Å². The molecule has 0 aromatic heterocycles. The fourth-order valence-corrected chi connectivity index (χ4v) is 6.44. The number of carboxylic acid groups (broad SMARTS) is 1. The Kier molecular flexibility index (Phi) is 4.09. The Balaban J connectivity index is 2.49. The van der Waals surface area contributed by atoms with Crippen molar-refractivity contribution in [3.8, 4) is 5.75 Å². The third kappa shape index (κ3) is 2.38. The molecule has 0 spiro atoms. The van der Waals surface area contributed by atoms with E-state index in [1.165, 1.54) is 0 Å². The lowest BCUT2D eigenvalue weighted by molar-refractivity contribution is -0.158. The molecule has 2 aliphatic carbocycles. The van der Waals surface area contributed by atoms with Crippen molar-refractivity contribution in [2.75, 3.05) is 7.11 Å². The van der Waals surface area contributed by atoms with Crippen LogP contribution in [0.2, 0.25) is 0 Å². The largest absolute Gasteiger partial charge is 0.506 e. The summed E-state index contributed by atoms with van der Waals surface area (Å²) in [6.45, 7) is 10.3. The van der Waals surface area contributed by atoms with Gasteiger partial charge < -0.3 is 14.9 Å². The van der Waals surface area contributed by atoms with E-state index in [9.17, 15) is 15.0 Å². The van der Waals surface area contributed by atoms with Crippen LogP contribution in [0.1, 0.15) is 68.4 Å². The summed E-state index contributed by atoms with van der Waals surface area (Å²) in [5.74, 6) is -0.796. The van der Waals surface area contributed by atoms with E-state index in [1.807, 2.05) is 13.8 Å². The second-order valence-corrected chi connectivity index (χ2v) is 9.85. The highest BCUT2D eigenvalue weighted by Gasteiger charge is 2.62. The smallest absolute Gasteiger partial charge is 0.314 e. The van der Waals surface area contributed by atoms with Gasteiger partial charge >= 0.3 is 5.97 Å². The van der Waals surface area contributed by atoms with Crippen molar-refractivity contribution in [1.82, 2.24) is 0 Å². The average molecular weight is 411 g/mol. The molecule has 1 aromatic rings. The van der Waals surface area contributed by atoms with Gasteiger partial charge in [0, 0.05) is 12.7 Å². The van der Waals surface area contributed by atoms with Crippen molar-refractivity contribution >= 4 is 21.9 Å². The number of fused-ring (bicyclic) bond motifs is 4. The minimum atomic E-state index is -1.09. The molecule has 1 saturated carbocycles. The van der Waals surface area contributed by atoms with Crippen molar-refractivity contribution in [1.29, 1.82) is 0 Å². The SMILES string of the molecule is COC1c2c(C)c(C)c(Br)c(O)c2C2(C(=O)O)CC(C)(C)CC1(C)C2. The molecule has 3 atom stereocenters. The van der Waals surface area contributed by atoms with E-state index >= 15 is 0 Å². The number of rotatable bonds is 2. The molecular formula is C20H27BrO4. The zero-order chi connectivity index (χ0) is 18.9. The molecule has 0 saturated heterocycles. The first-order valence-corrected chi connectivity index (χ1v) is 9.48. The zero-order valence-corrected chi connectivity index (χ0v) is 17.4. The Labute approximate surface area is 157 Å². The number of carbonyl (C=O) groups is 1. The second-order valence-electron chi connectivity index (χ2n) is 9.05. The molecule has 0 amide bonds. The van der Waals surface area contributed by atoms with Gasteiger partial charge in [-0.15, -0.1) is 0 Å². The quantitative estimate of drug-likeness (QED) is 0.718. The van der Waals surface area contributed by atoms with Crippen molar-refractivity contribution in [3.05, 3.63) is 26.7 Å². The Morgan fingerprint density at radius 2 is 1.76 bits per heavy atom. The number of aromatic hydroxyl groups is 1.